The number of halogens is 2. The number of hydrogen-bond acceptors (Lipinski definition) is 2. The fourth-order valence-electron chi connectivity index (χ4n) is 2.93. The third kappa shape index (κ3) is 3.29. The maximum Gasteiger partial charge on any atom is 0.287 e. The monoisotopic (exact) mass is 363 g/mol. The Bertz CT molecular complexity index is 1120. The van der Waals surface area contributed by atoms with Gasteiger partial charge < -0.3 is 5.32 Å². The van der Waals surface area contributed by atoms with E-state index < -0.39 is 17.5 Å². The maximum absolute atomic E-state index is 13.3. The number of carbonyl (C=O) groups excluding carboxylic acids is 1. The van der Waals surface area contributed by atoms with Crippen molar-refractivity contribution in [1.82, 2.24) is 14.9 Å². The van der Waals surface area contributed by atoms with Gasteiger partial charge in [0.1, 0.15) is 0 Å². The van der Waals surface area contributed by atoms with Gasteiger partial charge in [0.05, 0.1) is 11.0 Å². The number of hydrogen-bond donors (Lipinski definition) is 1. The van der Waals surface area contributed by atoms with Crippen LogP contribution < -0.4 is 5.32 Å². The summed E-state index contributed by atoms with van der Waals surface area (Å²) in [4.78, 5) is 17.2. The number of rotatable bonds is 4. The van der Waals surface area contributed by atoms with Gasteiger partial charge in [-0.05, 0) is 42.0 Å². The predicted molar refractivity (Wildman–Crippen MR) is 98.6 cm³/mol. The summed E-state index contributed by atoms with van der Waals surface area (Å²) in [7, 11) is 0. The van der Waals surface area contributed by atoms with Crippen molar-refractivity contribution in [3.05, 3.63) is 95.8 Å². The van der Waals surface area contributed by atoms with Gasteiger partial charge in [-0.15, -0.1) is 0 Å². The number of para-hydroxylation sites is 3. The lowest BCUT2D eigenvalue weighted by Crippen LogP contribution is -2.26. The van der Waals surface area contributed by atoms with E-state index in [4.69, 9.17) is 0 Å². The lowest BCUT2D eigenvalue weighted by atomic mass is 10.2. The van der Waals surface area contributed by atoms with Crippen molar-refractivity contribution >= 4 is 16.9 Å². The van der Waals surface area contributed by atoms with Gasteiger partial charge in [-0.3, -0.25) is 9.36 Å². The van der Waals surface area contributed by atoms with Gasteiger partial charge in [0, 0.05) is 12.2 Å². The molecule has 1 amide bonds. The minimum absolute atomic E-state index is 0.0635. The Morgan fingerprint density at radius 2 is 1.67 bits per heavy atom. The van der Waals surface area contributed by atoms with Crippen LogP contribution in [0.3, 0.4) is 0 Å². The van der Waals surface area contributed by atoms with Crippen LogP contribution in [-0.4, -0.2) is 15.5 Å². The molecule has 0 aliphatic heterocycles. The van der Waals surface area contributed by atoms with Crippen molar-refractivity contribution in [3.8, 4) is 5.69 Å². The van der Waals surface area contributed by atoms with Crippen LogP contribution in [0.1, 0.15) is 16.2 Å². The number of fused-ring (bicyclic) bond motifs is 1. The van der Waals surface area contributed by atoms with E-state index in [9.17, 15) is 13.6 Å². The molecule has 6 heteroatoms. The molecule has 1 N–H and O–H groups in total. The van der Waals surface area contributed by atoms with Crippen molar-refractivity contribution in [2.45, 2.75) is 6.54 Å². The highest BCUT2D eigenvalue weighted by atomic mass is 19.2. The summed E-state index contributed by atoms with van der Waals surface area (Å²) in [6.07, 6.45) is 0. The van der Waals surface area contributed by atoms with Crippen LogP contribution >= 0.6 is 0 Å². The Kier molecular flexibility index (Phi) is 4.38. The van der Waals surface area contributed by atoms with Crippen LogP contribution in [0.5, 0.6) is 0 Å². The van der Waals surface area contributed by atoms with Crippen molar-refractivity contribution in [3.63, 3.8) is 0 Å². The first-order chi connectivity index (χ1) is 13.1. The van der Waals surface area contributed by atoms with E-state index in [-0.39, 0.29) is 12.4 Å². The zero-order chi connectivity index (χ0) is 18.8. The lowest BCUT2D eigenvalue weighted by Gasteiger charge is -2.10. The second-order valence-corrected chi connectivity index (χ2v) is 6.03. The van der Waals surface area contributed by atoms with Gasteiger partial charge in [0.25, 0.3) is 5.91 Å². The van der Waals surface area contributed by atoms with E-state index >= 15 is 0 Å². The molecule has 4 aromatic rings. The van der Waals surface area contributed by atoms with Crippen molar-refractivity contribution < 1.29 is 13.6 Å². The zero-order valence-corrected chi connectivity index (χ0v) is 14.2. The number of imidazole rings is 1. The Morgan fingerprint density at radius 3 is 2.44 bits per heavy atom. The van der Waals surface area contributed by atoms with Gasteiger partial charge >= 0.3 is 0 Å². The van der Waals surface area contributed by atoms with Gasteiger partial charge in [-0.1, -0.05) is 36.4 Å². The summed E-state index contributed by atoms with van der Waals surface area (Å²) in [6.45, 7) is 0.0635. The Hall–Kier alpha value is -3.54. The van der Waals surface area contributed by atoms with Gasteiger partial charge in [0.2, 0.25) is 5.82 Å². The van der Waals surface area contributed by atoms with Crippen LogP contribution in [-0.2, 0) is 6.54 Å². The highest BCUT2D eigenvalue weighted by Crippen LogP contribution is 2.21. The van der Waals surface area contributed by atoms with E-state index in [0.29, 0.717) is 11.1 Å². The molecule has 0 radical (unpaired) electrons. The Labute approximate surface area is 154 Å². The molecule has 0 fully saturated rings. The summed E-state index contributed by atoms with van der Waals surface area (Å²) in [5.41, 5.74) is 2.77. The molecule has 134 valence electrons. The molecule has 3 aromatic carbocycles. The third-order valence-corrected chi connectivity index (χ3v) is 4.22. The van der Waals surface area contributed by atoms with Crippen LogP contribution in [0.2, 0.25) is 0 Å². The molecule has 0 aliphatic rings. The fraction of sp³-hybridized carbons (Fsp3) is 0.0476. The van der Waals surface area contributed by atoms with Crippen molar-refractivity contribution in [2.75, 3.05) is 0 Å². The SMILES string of the molecule is O=C(NCc1ccc(F)c(F)c1)c1nc2ccccc2n1-c1ccccc1. The molecule has 0 saturated carbocycles. The fourth-order valence-corrected chi connectivity index (χ4v) is 2.93. The summed E-state index contributed by atoms with van der Waals surface area (Å²) in [6, 6.07) is 20.4. The molecule has 0 aliphatic carbocycles. The average Bonchev–Trinajstić information content (AvgIpc) is 3.09. The van der Waals surface area contributed by atoms with Crippen LogP contribution in [0.4, 0.5) is 8.78 Å². The summed E-state index contributed by atoms with van der Waals surface area (Å²) in [5, 5.41) is 2.72. The lowest BCUT2D eigenvalue weighted by molar-refractivity contribution is 0.0939. The first-order valence-corrected chi connectivity index (χ1v) is 8.38. The first-order valence-electron chi connectivity index (χ1n) is 8.38. The minimum atomic E-state index is -0.946. The summed E-state index contributed by atoms with van der Waals surface area (Å²) < 4.78 is 28.2. The first kappa shape index (κ1) is 16.9. The molecule has 0 saturated heterocycles. The van der Waals surface area contributed by atoms with Gasteiger partial charge in [0.15, 0.2) is 11.6 Å². The Balaban J connectivity index is 1.68. The normalized spacial score (nSPS) is 10.9. The molecule has 0 bridgehead atoms. The molecular formula is C21H15F2N3O. The largest absolute Gasteiger partial charge is 0.345 e. The van der Waals surface area contributed by atoms with E-state index in [1.807, 2.05) is 54.6 Å². The second-order valence-electron chi connectivity index (χ2n) is 6.03. The van der Waals surface area contributed by atoms with Crippen molar-refractivity contribution in [2.24, 2.45) is 0 Å². The quantitative estimate of drug-likeness (QED) is 0.590. The summed E-state index contributed by atoms with van der Waals surface area (Å²) in [5.74, 6) is -2.04. The van der Waals surface area contributed by atoms with E-state index in [0.717, 1.165) is 23.3 Å². The third-order valence-electron chi connectivity index (χ3n) is 4.22. The Morgan fingerprint density at radius 1 is 0.926 bits per heavy atom. The summed E-state index contributed by atoms with van der Waals surface area (Å²) >= 11 is 0. The van der Waals surface area contributed by atoms with E-state index in [1.54, 1.807) is 4.57 Å². The molecule has 27 heavy (non-hydrogen) atoms. The molecule has 4 nitrogen and oxygen atoms in total. The van der Waals surface area contributed by atoms with Crippen LogP contribution in [0.15, 0.2) is 72.8 Å². The van der Waals surface area contributed by atoms with Gasteiger partial charge in [-0.25, -0.2) is 13.8 Å². The van der Waals surface area contributed by atoms with Gasteiger partial charge in [-0.2, -0.15) is 0 Å². The standard InChI is InChI=1S/C21H15F2N3O/c22-16-11-10-14(12-17(16)23)13-24-21(27)20-25-18-8-4-5-9-19(18)26(20)15-6-2-1-3-7-15/h1-12H,13H2,(H,24,27). The molecule has 0 spiro atoms. The topological polar surface area (TPSA) is 46.9 Å². The number of nitrogens with zero attached hydrogens (tertiary/aromatic N) is 2. The van der Waals surface area contributed by atoms with Crippen LogP contribution in [0.25, 0.3) is 16.7 Å². The highest BCUT2D eigenvalue weighted by molar-refractivity contribution is 5.96. The molecule has 0 atom stereocenters. The van der Waals surface area contributed by atoms with E-state index in [2.05, 4.69) is 10.3 Å². The number of amides is 1. The average molecular weight is 363 g/mol. The molecular weight excluding hydrogens is 348 g/mol. The predicted octanol–water partition coefficient (Wildman–Crippen LogP) is 4.23. The molecule has 0 unspecified atom stereocenters. The maximum atomic E-state index is 13.3. The zero-order valence-electron chi connectivity index (χ0n) is 14.2. The van der Waals surface area contributed by atoms with E-state index in [1.165, 1.54) is 6.07 Å². The van der Waals surface area contributed by atoms with Crippen molar-refractivity contribution in [1.29, 1.82) is 0 Å². The number of aromatic nitrogens is 2. The minimum Gasteiger partial charge on any atom is -0.345 e. The number of carbonyl (C=O) groups is 1. The molecule has 1 aromatic heterocycles. The number of nitrogens with one attached hydrogen (secondary N) is 1. The smallest absolute Gasteiger partial charge is 0.287 e. The molecule has 1 heterocycles. The highest BCUT2D eigenvalue weighted by Gasteiger charge is 2.18. The van der Waals surface area contributed by atoms with Crippen LogP contribution in [0, 0.1) is 11.6 Å². The second kappa shape index (κ2) is 6.99. The molecule has 4 rings (SSSR count). The number of benzene rings is 3.